The standard InChI is InChI=1S/C17H17FN2.2ClH/c18-12-6-7-15-14(10-12)17-13(8-9-19-17)16(20-15)11-4-2-1-3-5-11;;/h1-7,10,13,16-17,19-20H,8-9H2;2*1H/t13-,16+,17-;;/m1../s1. The van der Waals surface area contributed by atoms with Crippen LogP contribution in [0, 0.1) is 11.7 Å². The van der Waals surface area contributed by atoms with E-state index in [1.54, 1.807) is 6.07 Å². The van der Waals surface area contributed by atoms with Crippen molar-refractivity contribution in [3.63, 3.8) is 0 Å². The third kappa shape index (κ3) is 2.81. The second kappa shape index (κ2) is 6.86. The normalized spacial score (nSPS) is 25.0. The van der Waals surface area contributed by atoms with Crippen molar-refractivity contribution in [1.29, 1.82) is 0 Å². The van der Waals surface area contributed by atoms with Crippen molar-refractivity contribution in [3.05, 3.63) is 65.5 Å². The molecule has 0 radical (unpaired) electrons. The van der Waals surface area contributed by atoms with E-state index >= 15 is 0 Å². The molecule has 3 atom stereocenters. The summed E-state index contributed by atoms with van der Waals surface area (Å²) >= 11 is 0. The van der Waals surface area contributed by atoms with E-state index in [-0.39, 0.29) is 36.7 Å². The van der Waals surface area contributed by atoms with Crippen LogP contribution in [0.15, 0.2) is 48.5 Å². The summed E-state index contributed by atoms with van der Waals surface area (Å²) < 4.78 is 13.5. The molecule has 1 saturated heterocycles. The summed E-state index contributed by atoms with van der Waals surface area (Å²) in [6, 6.07) is 16.1. The summed E-state index contributed by atoms with van der Waals surface area (Å²) in [5, 5.41) is 7.14. The summed E-state index contributed by atoms with van der Waals surface area (Å²) in [5.74, 6) is 0.322. The Morgan fingerprint density at radius 1 is 0.955 bits per heavy atom. The number of nitrogens with one attached hydrogen (secondary N) is 2. The number of hydrogen-bond acceptors (Lipinski definition) is 2. The van der Waals surface area contributed by atoms with Gasteiger partial charge >= 0.3 is 0 Å². The average molecular weight is 341 g/mol. The third-order valence-corrected chi connectivity index (χ3v) is 4.52. The highest BCUT2D eigenvalue weighted by atomic mass is 35.5. The number of hydrogen-bond donors (Lipinski definition) is 2. The molecule has 2 aliphatic heterocycles. The first-order valence-corrected chi connectivity index (χ1v) is 7.17. The maximum atomic E-state index is 13.5. The summed E-state index contributed by atoms with van der Waals surface area (Å²) in [5.41, 5.74) is 3.43. The molecular weight excluding hydrogens is 322 g/mol. The number of halogens is 3. The highest BCUT2D eigenvalue weighted by Crippen LogP contribution is 2.47. The molecule has 0 bridgehead atoms. The van der Waals surface area contributed by atoms with Gasteiger partial charge in [-0.15, -0.1) is 24.8 Å². The van der Waals surface area contributed by atoms with Crippen molar-refractivity contribution in [2.45, 2.75) is 18.5 Å². The van der Waals surface area contributed by atoms with E-state index in [0.717, 1.165) is 24.2 Å². The van der Waals surface area contributed by atoms with Crippen molar-refractivity contribution in [2.24, 2.45) is 5.92 Å². The van der Waals surface area contributed by atoms with Gasteiger partial charge in [0.05, 0.1) is 6.04 Å². The second-order valence-corrected chi connectivity index (χ2v) is 5.65. The summed E-state index contributed by atoms with van der Waals surface area (Å²) in [6.07, 6.45) is 1.12. The molecule has 0 aliphatic carbocycles. The second-order valence-electron chi connectivity index (χ2n) is 5.65. The Labute approximate surface area is 142 Å². The first-order chi connectivity index (χ1) is 9.83. The Balaban J connectivity index is 0.000000882. The van der Waals surface area contributed by atoms with Crippen LogP contribution < -0.4 is 10.6 Å². The van der Waals surface area contributed by atoms with Crippen LogP contribution in [0.2, 0.25) is 0 Å². The van der Waals surface area contributed by atoms with Gasteiger partial charge in [0.25, 0.3) is 0 Å². The van der Waals surface area contributed by atoms with Crippen molar-refractivity contribution < 1.29 is 4.39 Å². The van der Waals surface area contributed by atoms with Crippen LogP contribution in [0.1, 0.15) is 29.6 Å². The minimum atomic E-state index is -0.156. The largest absolute Gasteiger partial charge is 0.378 e. The Hall–Kier alpha value is -1.29. The number of fused-ring (bicyclic) bond motifs is 3. The van der Waals surface area contributed by atoms with Crippen molar-refractivity contribution in [1.82, 2.24) is 5.32 Å². The van der Waals surface area contributed by atoms with Crippen molar-refractivity contribution in [3.8, 4) is 0 Å². The Morgan fingerprint density at radius 3 is 2.50 bits per heavy atom. The lowest BCUT2D eigenvalue weighted by molar-refractivity contribution is 0.389. The van der Waals surface area contributed by atoms with Crippen LogP contribution in [0.3, 0.4) is 0 Å². The predicted octanol–water partition coefficient (Wildman–Crippen LogP) is 4.49. The zero-order valence-electron chi connectivity index (χ0n) is 12.0. The molecule has 2 aromatic carbocycles. The minimum absolute atomic E-state index is 0. The molecule has 118 valence electrons. The molecule has 0 saturated carbocycles. The van der Waals surface area contributed by atoms with Gasteiger partial charge in [-0.25, -0.2) is 4.39 Å². The Kier molecular flexibility index (Phi) is 5.32. The maximum absolute atomic E-state index is 13.5. The molecule has 0 aromatic heterocycles. The molecular formula is C17H19Cl2FN2. The lowest BCUT2D eigenvalue weighted by Gasteiger charge is -2.37. The molecule has 2 heterocycles. The summed E-state index contributed by atoms with van der Waals surface area (Å²) in [6.45, 7) is 0.996. The van der Waals surface area contributed by atoms with Gasteiger partial charge in [0.2, 0.25) is 0 Å². The average Bonchev–Trinajstić information content (AvgIpc) is 2.97. The lowest BCUT2D eigenvalue weighted by atomic mass is 9.80. The van der Waals surface area contributed by atoms with E-state index in [1.807, 2.05) is 12.1 Å². The van der Waals surface area contributed by atoms with Crippen molar-refractivity contribution in [2.75, 3.05) is 11.9 Å². The first-order valence-electron chi connectivity index (χ1n) is 7.17. The van der Waals surface area contributed by atoms with Gasteiger partial charge in [0, 0.05) is 17.6 Å². The van der Waals surface area contributed by atoms with Gasteiger partial charge < -0.3 is 10.6 Å². The van der Waals surface area contributed by atoms with Crippen LogP contribution in [-0.2, 0) is 0 Å². The van der Waals surface area contributed by atoms with Crippen molar-refractivity contribution >= 4 is 30.5 Å². The van der Waals surface area contributed by atoms with E-state index in [0.29, 0.717) is 12.0 Å². The minimum Gasteiger partial charge on any atom is -0.378 e. The zero-order chi connectivity index (χ0) is 13.5. The molecule has 0 unspecified atom stereocenters. The molecule has 4 rings (SSSR count). The molecule has 2 aliphatic rings. The molecule has 2 aromatic rings. The summed E-state index contributed by atoms with van der Waals surface area (Å²) in [7, 11) is 0. The van der Waals surface area contributed by atoms with Crippen LogP contribution in [0.25, 0.3) is 0 Å². The van der Waals surface area contributed by atoms with Crippen LogP contribution in [-0.4, -0.2) is 6.54 Å². The van der Waals surface area contributed by atoms with E-state index in [4.69, 9.17) is 0 Å². The number of rotatable bonds is 1. The highest BCUT2D eigenvalue weighted by molar-refractivity contribution is 5.85. The molecule has 0 amide bonds. The van der Waals surface area contributed by atoms with E-state index in [1.165, 1.54) is 11.6 Å². The van der Waals surface area contributed by atoms with Crippen LogP contribution >= 0.6 is 24.8 Å². The fourth-order valence-corrected chi connectivity index (χ4v) is 3.61. The topological polar surface area (TPSA) is 24.1 Å². The fraction of sp³-hybridized carbons (Fsp3) is 0.294. The predicted molar refractivity (Wildman–Crippen MR) is 92.6 cm³/mol. The molecule has 22 heavy (non-hydrogen) atoms. The molecule has 1 fully saturated rings. The van der Waals surface area contributed by atoms with E-state index in [2.05, 4.69) is 34.9 Å². The number of benzene rings is 2. The SMILES string of the molecule is Cl.Cl.Fc1ccc2c(c1)[C@@H]1NCC[C@@H]1[C@H](c1ccccc1)N2. The molecule has 5 heteroatoms. The number of anilines is 1. The first kappa shape index (κ1) is 17.1. The van der Waals surface area contributed by atoms with Gasteiger partial charge in [-0.1, -0.05) is 30.3 Å². The lowest BCUT2D eigenvalue weighted by Crippen LogP contribution is -2.32. The van der Waals surface area contributed by atoms with Gasteiger partial charge in [-0.2, -0.15) is 0 Å². The van der Waals surface area contributed by atoms with E-state index < -0.39 is 0 Å². The molecule has 0 spiro atoms. The Morgan fingerprint density at radius 2 is 1.73 bits per heavy atom. The summed E-state index contributed by atoms with van der Waals surface area (Å²) in [4.78, 5) is 0. The monoisotopic (exact) mass is 340 g/mol. The smallest absolute Gasteiger partial charge is 0.123 e. The van der Waals surface area contributed by atoms with Crippen LogP contribution in [0.5, 0.6) is 0 Å². The molecule has 2 nitrogen and oxygen atoms in total. The van der Waals surface area contributed by atoms with Crippen LogP contribution in [0.4, 0.5) is 10.1 Å². The third-order valence-electron chi connectivity index (χ3n) is 4.52. The molecule has 2 N–H and O–H groups in total. The van der Waals surface area contributed by atoms with E-state index in [9.17, 15) is 4.39 Å². The Bertz CT molecular complexity index is 636. The fourth-order valence-electron chi connectivity index (χ4n) is 3.61. The highest BCUT2D eigenvalue weighted by Gasteiger charge is 2.40. The van der Waals surface area contributed by atoms with Gasteiger partial charge in [0.1, 0.15) is 5.82 Å². The van der Waals surface area contributed by atoms with Gasteiger partial charge in [-0.3, -0.25) is 0 Å². The van der Waals surface area contributed by atoms with Gasteiger partial charge in [0.15, 0.2) is 0 Å². The van der Waals surface area contributed by atoms with Gasteiger partial charge in [-0.05, 0) is 42.3 Å². The quantitative estimate of drug-likeness (QED) is 0.799. The maximum Gasteiger partial charge on any atom is 0.123 e. The zero-order valence-corrected chi connectivity index (χ0v) is 13.6.